The summed E-state index contributed by atoms with van der Waals surface area (Å²) in [6, 6.07) is 11.5. The highest BCUT2D eigenvalue weighted by molar-refractivity contribution is 6.11. The van der Waals surface area contributed by atoms with Crippen molar-refractivity contribution in [3.05, 3.63) is 47.0 Å². The van der Waals surface area contributed by atoms with Crippen molar-refractivity contribution in [2.24, 2.45) is 5.92 Å². The summed E-state index contributed by atoms with van der Waals surface area (Å²) in [5, 5.41) is 2.52. The summed E-state index contributed by atoms with van der Waals surface area (Å²) in [5.41, 5.74) is 3.75. The smallest absolute Gasteiger partial charge is 0.166 e. The Morgan fingerprint density at radius 2 is 1.75 bits per heavy atom. The van der Waals surface area contributed by atoms with Crippen LogP contribution in [0.15, 0.2) is 30.3 Å². The van der Waals surface area contributed by atoms with Crippen LogP contribution in [-0.4, -0.2) is 43.0 Å². The van der Waals surface area contributed by atoms with Gasteiger partial charge in [-0.3, -0.25) is 9.69 Å². The van der Waals surface area contributed by atoms with Crippen molar-refractivity contribution in [1.29, 1.82) is 0 Å². The molecule has 0 N–H and O–H groups in total. The minimum absolute atomic E-state index is 0.138. The molecule has 5 rings (SSSR count). The summed E-state index contributed by atoms with van der Waals surface area (Å²) in [5.74, 6) is 0.481. The molecule has 0 spiro atoms. The summed E-state index contributed by atoms with van der Waals surface area (Å²) >= 11 is 0. The van der Waals surface area contributed by atoms with E-state index in [9.17, 15) is 4.79 Å². The van der Waals surface area contributed by atoms with Crippen LogP contribution in [0, 0.1) is 5.92 Å². The number of carbonyl (C=O) groups excluding carboxylic acids is 1. The van der Waals surface area contributed by atoms with E-state index in [1.54, 1.807) is 0 Å². The Kier molecular flexibility index (Phi) is 3.29. The predicted octanol–water partition coefficient (Wildman–Crippen LogP) is 3.23. The lowest BCUT2D eigenvalue weighted by molar-refractivity contribution is -0.0702. The fourth-order valence-electron chi connectivity index (χ4n) is 4.99. The first kappa shape index (κ1) is 14.6. The van der Waals surface area contributed by atoms with Crippen LogP contribution < -0.4 is 0 Å². The largest absolute Gasteiger partial charge is 0.378 e. The molecule has 2 atom stereocenters. The van der Waals surface area contributed by atoms with Crippen molar-refractivity contribution in [1.82, 2.24) is 4.90 Å². The van der Waals surface area contributed by atoms with Gasteiger partial charge in [0.15, 0.2) is 5.78 Å². The number of aryl methyl sites for hydroxylation is 2. The van der Waals surface area contributed by atoms with Gasteiger partial charge in [-0.05, 0) is 54.6 Å². The Labute approximate surface area is 142 Å². The van der Waals surface area contributed by atoms with Crippen molar-refractivity contribution in [2.75, 3.05) is 20.3 Å². The van der Waals surface area contributed by atoms with Crippen LogP contribution in [0.1, 0.15) is 34.3 Å². The SMILES string of the molecule is CN1C2COCC1CC(C(=O)c1ccc3c4c(cccc14)CC3)C2. The Bertz CT molecular complexity index is 804. The number of nitrogens with zero attached hydrogens (tertiary/aromatic N) is 1. The monoisotopic (exact) mass is 321 g/mol. The minimum atomic E-state index is 0.138. The fourth-order valence-corrected chi connectivity index (χ4v) is 4.99. The van der Waals surface area contributed by atoms with Gasteiger partial charge in [0.25, 0.3) is 0 Å². The number of ketones is 1. The summed E-state index contributed by atoms with van der Waals surface area (Å²) in [6.07, 6.45) is 4.07. The van der Waals surface area contributed by atoms with E-state index >= 15 is 0 Å². The van der Waals surface area contributed by atoms with Gasteiger partial charge in [0.2, 0.25) is 0 Å². The van der Waals surface area contributed by atoms with Crippen molar-refractivity contribution in [3.63, 3.8) is 0 Å². The van der Waals surface area contributed by atoms with Gasteiger partial charge in [0.1, 0.15) is 0 Å². The van der Waals surface area contributed by atoms with Crippen molar-refractivity contribution in [2.45, 2.75) is 37.8 Å². The molecule has 0 amide bonds. The molecule has 3 heteroatoms. The summed E-state index contributed by atoms with van der Waals surface area (Å²) < 4.78 is 5.70. The van der Waals surface area contributed by atoms with Gasteiger partial charge in [-0.25, -0.2) is 0 Å². The number of rotatable bonds is 2. The molecule has 1 aliphatic carbocycles. The normalized spacial score (nSPS) is 29.1. The Morgan fingerprint density at radius 1 is 1.04 bits per heavy atom. The third kappa shape index (κ3) is 2.08. The number of likely N-dealkylation sites (N-methyl/N-ethyl adjacent to an activating group) is 1. The molecule has 0 aromatic heterocycles. The number of hydrogen-bond acceptors (Lipinski definition) is 3. The summed E-state index contributed by atoms with van der Waals surface area (Å²) in [4.78, 5) is 15.8. The van der Waals surface area contributed by atoms with E-state index in [1.165, 1.54) is 21.9 Å². The molecule has 2 aromatic rings. The second-order valence-electron chi connectivity index (χ2n) is 7.66. The highest BCUT2D eigenvalue weighted by Gasteiger charge is 2.40. The zero-order chi connectivity index (χ0) is 16.3. The molecule has 2 unspecified atom stereocenters. The molecule has 124 valence electrons. The average molecular weight is 321 g/mol. The van der Waals surface area contributed by atoms with Crippen molar-refractivity contribution >= 4 is 16.6 Å². The van der Waals surface area contributed by atoms with E-state index in [4.69, 9.17) is 4.74 Å². The standard InChI is InChI=1S/C21H23NO2/c1-22-16-9-15(10-17(22)12-24-11-16)21(23)19-8-7-14-6-5-13-3-2-4-18(19)20(13)14/h2-4,7-8,15-17H,5-6,9-12H2,1H3. The molecule has 2 heterocycles. The summed E-state index contributed by atoms with van der Waals surface area (Å²) in [6.45, 7) is 1.53. The highest BCUT2D eigenvalue weighted by atomic mass is 16.5. The Hall–Kier alpha value is -1.71. The van der Waals surface area contributed by atoms with E-state index < -0.39 is 0 Å². The lowest BCUT2D eigenvalue weighted by atomic mass is 9.80. The van der Waals surface area contributed by atoms with E-state index in [0.717, 1.165) is 44.5 Å². The van der Waals surface area contributed by atoms with Crippen molar-refractivity contribution in [3.8, 4) is 0 Å². The number of piperidine rings is 1. The van der Waals surface area contributed by atoms with Crippen LogP contribution in [0.4, 0.5) is 0 Å². The fraction of sp³-hybridized carbons (Fsp3) is 0.476. The first-order valence-corrected chi connectivity index (χ1v) is 9.10. The molecular weight excluding hydrogens is 298 g/mol. The number of ether oxygens (including phenoxy) is 1. The van der Waals surface area contributed by atoms with Crippen LogP contribution in [0.2, 0.25) is 0 Å². The van der Waals surface area contributed by atoms with Crippen LogP contribution in [0.3, 0.4) is 0 Å². The van der Waals surface area contributed by atoms with E-state index in [1.807, 2.05) is 0 Å². The van der Waals surface area contributed by atoms with E-state index in [0.29, 0.717) is 17.9 Å². The number of benzene rings is 2. The highest BCUT2D eigenvalue weighted by Crippen LogP contribution is 2.37. The maximum Gasteiger partial charge on any atom is 0.166 e. The topological polar surface area (TPSA) is 29.5 Å². The van der Waals surface area contributed by atoms with Crippen LogP contribution in [0.5, 0.6) is 0 Å². The van der Waals surface area contributed by atoms with Crippen LogP contribution >= 0.6 is 0 Å². The third-order valence-electron chi connectivity index (χ3n) is 6.40. The number of fused-ring (bicyclic) bond motifs is 2. The first-order chi connectivity index (χ1) is 11.7. The number of carbonyl (C=O) groups is 1. The molecule has 0 saturated carbocycles. The Morgan fingerprint density at radius 3 is 2.50 bits per heavy atom. The Balaban J connectivity index is 1.53. The van der Waals surface area contributed by atoms with Crippen LogP contribution in [-0.2, 0) is 17.6 Å². The second kappa shape index (κ2) is 5.40. The lowest BCUT2D eigenvalue weighted by Gasteiger charge is -2.46. The molecule has 2 aromatic carbocycles. The van der Waals surface area contributed by atoms with Gasteiger partial charge in [0, 0.05) is 23.6 Å². The third-order valence-corrected chi connectivity index (χ3v) is 6.40. The zero-order valence-corrected chi connectivity index (χ0v) is 14.1. The second-order valence-corrected chi connectivity index (χ2v) is 7.66. The van der Waals surface area contributed by atoms with Gasteiger partial charge >= 0.3 is 0 Å². The predicted molar refractivity (Wildman–Crippen MR) is 94.6 cm³/mol. The molecule has 0 radical (unpaired) electrons. The minimum Gasteiger partial charge on any atom is -0.378 e. The maximum atomic E-state index is 13.3. The zero-order valence-electron chi connectivity index (χ0n) is 14.1. The maximum absolute atomic E-state index is 13.3. The van der Waals surface area contributed by atoms with Gasteiger partial charge in [-0.1, -0.05) is 30.3 Å². The van der Waals surface area contributed by atoms with Crippen molar-refractivity contribution < 1.29 is 9.53 Å². The van der Waals surface area contributed by atoms with Gasteiger partial charge < -0.3 is 4.74 Å². The van der Waals surface area contributed by atoms with E-state index in [-0.39, 0.29) is 5.92 Å². The molecular formula is C21H23NO2. The van der Waals surface area contributed by atoms with Gasteiger partial charge in [0.05, 0.1) is 13.2 Å². The molecule has 3 nitrogen and oxygen atoms in total. The van der Waals surface area contributed by atoms with Crippen LogP contribution in [0.25, 0.3) is 10.8 Å². The molecule has 2 aliphatic heterocycles. The van der Waals surface area contributed by atoms with Gasteiger partial charge in [-0.2, -0.15) is 0 Å². The molecule has 24 heavy (non-hydrogen) atoms. The van der Waals surface area contributed by atoms with E-state index in [2.05, 4.69) is 42.3 Å². The molecule has 3 aliphatic rings. The number of morpholine rings is 1. The first-order valence-electron chi connectivity index (χ1n) is 9.10. The number of hydrogen-bond donors (Lipinski definition) is 0. The number of Topliss-reactive ketones (excluding diaryl/α,β-unsaturated/α-hetero) is 1. The molecule has 2 fully saturated rings. The molecule has 2 saturated heterocycles. The quantitative estimate of drug-likeness (QED) is 0.795. The molecule has 2 bridgehead atoms. The summed E-state index contributed by atoms with van der Waals surface area (Å²) in [7, 11) is 2.18. The lowest BCUT2D eigenvalue weighted by Crippen LogP contribution is -2.55. The average Bonchev–Trinajstić information content (AvgIpc) is 3.00. The van der Waals surface area contributed by atoms with Gasteiger partial charge in [-0.15, -0.1) is 0 Å².